The minimum atomic E-state index is -0.180. The van der Waals surface area contributed by atoms with Crippen LogP contribution in [0, 0.1) is 0 Å². The first-order chi connectivity index (χ1) is 6.19. The Bertz CT molecular complexity index is 325. The predicted octanol–water partition coefficient (Wildman–Crippen LogP) is 2.72. The first kappa shape index (κ1) is 10.0. The quantitative estimate of drug-likeness (QED) is 0.716. The van der Waals surface area contributed by atoms with Crippen molar-refractivity contribution in [1.82, 2.24) is 0 Å². The van der Waals surface area contributed by atoms with Crippen molar-refractivity contribution in [3.05, 3.63) is 33.9 Å². The maximum Gasteiger partial charge on any atom is 0.339 e. The normalized spacial score (nSPS) is 12.8. The van der Waals surface area contributed by atoms with Crippen LogP contribution < -0.4 is 5.63 Å². The Hall–Kier alpha value is -1.05. The summed E-state index contributed by atoms with van der Waals surface area (Å²) in [5, 5.41) is 0. The summed E-state index contributed by atoms with van der Waals surface area (Å²) in [6.45, 7) is 6.09. The van der Waals surface area contributed by atoms with Gasteiger partial charge in [-0.25, -0.2) is 4.79 Å². The average Bonchev–Trinajstić information content (AvgIpc) is 2.16. The lowest BCUT2D eigenvalue weighted by Gasteiger charge is -2.06. The Balaban J connectivity index is 3.03. The molecular weight excluding hydrogens is 164 g/mol. The lowest BCUT2D eigenvalue weighted by atomic mass is 10.1. The highest BCUT2D eigenvalue weighted by Crippen LogP contribution is 2.16. The molecule has 0 N–H and O–H groups in total. The van der Waals surface area contributed by atoms with E-state index in [0.29, 0.717) is 5.92 Å². The van der Waals surface area contributed by atoms with Crippen molar-refractivity contribution in [2.24, 2.45) is 0 Å². The Labute approximate surface area is 78.6 Å². The molecule has 13 heavy (non-hydrogen) atoms. The molecule has 0 saturated heterocycles. The van der Waals surface area contributed by atoms with Crippen LogP contribution in [0.3, 0.4) is 0 Å². The monoisotopic (exact) mass is 180 g/mol. The van der Waals surface area contributed by atoms with Crippen LogP contribution in [0.5, 0.6) is 0 Å². The maximum absolute atomic E-state index is 11.3. The maximum atomic E-state index is 11.3. The third-order valence-corrected chi connectivity index (χ3v) is 2.40. The highest BCUT2D eigenvalue weighted by molar-refractivity contribution is 5.12. The van der Waals surface area contributed by atoms with Gasteiger partial charge < -0.3 is 4.42 Å². The van der Waals surface area contributed by atoms with Crippen LogP contribution in [-0.2, 0) is 6.42 Å². The molecule has 0 amide bonds. The summed E-state index contributed by atoms with van der Waals surface area (Å²) >= 11 is 0. The van der Waals surface area contributed by atoms with Crippen LogP contribution in [-0.4, -0.2) is 0 Å². The molecule has 0 aliphatic rings. The van der Waals surface area contributed by atoms with Gasteiger partial charge in [-0.05, 0) is 25.0 Å². The number of aryl methyl sites for hydroxylation is 1. The first-order valence-corrected chi connectivity index (χ1v) is 4.82. The first-order valence-electron chi connectivity index (χ1n) is 4.82. The van der Waals surface area contributed by atoms with Crippen LogP contribution in [0.2, 0.25) is 0 Å². The van der Waals surface area contributed by atoms with E-state index in [9.17, 15) is 4.79 Å². The summed E-state index contributed by atoms with van der Waals surface area (Å²) in [6.07, 6.45) is 1.73. The van der Waals surface area contributed by atoms with Gasteiger partial charge in [0.2, 0.25) is 0 Å². The van der Waals surface area contributed by atoms with E-state index in [4.69, 9.17) is 4.42 Å². The van der Waals surface area contributed by atoms with E-state index in [1.165, 1.54) is 0 Å². The van der Waals surface area contributed by atoms with Crippen molar-refractivity contribution < 1.29 is 4.42 Å². The van der Waals surface area contributed by atoms with Crippen molar-refractivity contribution in [2.75, 3.05) is 0 Å². The lowest BCUT2D eigenvalue weighted by molar-refractivity contribution is 0.421. The van der Waals surface area contributed by atoms with Gasteiger partial charge >= 0.3 is 5.63 Å². The fraction of sp³-hybridized carbons (Fsp3) is 0.545. The van der Waals surface area contributed by atoms with E-state index >= 15 is 0 Å². The van der Waals surface area contributed by atoms with E-state index in [2.05, 4.69) is 13.8 Å². The number of hydrogen-bond acceptors (Lipinski definition) is 2. The topological polar surface area (TPSA) is 30.2 Å². The van der Waals surface area contributed by atoms with E-state index in [0.717, 1.165) is 24.2 Å². The van der Waals surface area contributed by atoms with Gasteiger partial charge in [-0.3, -0.25) is 0 Å². The molecule has 1 aromatic rings. The van der Waals surface area contributed by atoms with Gasteiger partial charge in [-0.1, -0.05) is 20.8 Å². The molecule has 0 aliphatic carbocycles. The fourth-order valence-corrected chi connectivity index (χ4v) is 1.19. The minimum Gasteiger partial charge on any atom is -0.427 e. The molecule has 2 nitrogen and oxygen atoms in total. The molecule has 0 aromatic carbocycles. The molecule has 1 atom stereocenters. The summed E-state index contributed by atoms with van der Waals surface area (Å²) in [5.41, 5.74) is 0.576. The molecule has 0 fully saturated rings. The second kappa shape index (κ2) is 4.26. The molecule has 1 heterocycles. The van der Waals surface area contributed by atoms with Crippen molar-refractivity contribution in [3.63, 3.8) is 0 Å². The standard InChI is InChI=1S/C11H16O2/c1-4-8(3)10-7-6-9(5-2)11(12)13-10/h6-8H,4-5H2,1-3H3/t8-/m1/s1. The molecule has 0 saturated carbocycles. The highest BCUT2D eigenvalue weighted by atomic mass is 16.4. The Morgan fingerprint density at radius 1 is 1.38 bits per heavy atom. The Morgan fingerprint density at radius 3 is 2.54 bits per heavy atom. The summed E-state index contributed by atoms with van der Waals surface area (Å²) in [6, 6.07) is 3.78. The fourth-order valence-electron chi connectivity index (χ4n) is 1.19. The molecule has 2 heteroatoms. The van der Waals surface area contributed by atoms with E-state index in [-0.39, 0.29) is 5.63 Å². The largest absolute Gasteiger partial charge is 0.427 e. The SMILES string of the molecule is CCc1ccc([C@H](C)CC)oc1=O. The van der Waals surface area contributed by atoms with E-state index < -0.39 is 0 Å². The van der Waals surface area contributed by atoms with Gasteiger partial charge in [-0.2, -0.15) is 0 Å². The Morgan fingerprint density at radius 2 is 2.08 bits per heavy atom. The third kappa shape index (κ3) is 2.20. The molecule has 0 aliphatic heterocycles. The zero-order valence-electron chi connectivity index (χ0n) is 8.46. The van der Waals surface area contributed by atoms with Crippen LogP contribution in [0.1, 0.15) is 44.4 Å². The second-order valence-electron chi connectivity index (χ2n) is 3.31. The van der Waals surface area contributed by atoms with Gasteiger partial charge in [-0.15, -0.1) is 0 Å². The summed E-state index contributed by atoms with van der Waals surface area (Å²) < 4.78 is 5.20. The zero-order chi connectivity index (χ0) is 9.84. The predicted molar refractivity (Wildman–Crippen MR) is 53.1 cm³/mol. The van der Waals surface area contributed by atoms with Crippen LogP contribution in [0.25, 0.3) is 0 Å². The molecule has 1 aromatic heterocycles. The molecule has 72 valence electrons. The molecule has 1 rings (SSSR count). The molecular formula is C11H16O2. The summed E-state index contributed by atoms with van der Waals surface area (Å²) in [7, 11) is 0. The third-order valence-electron chi connectivity index (χ3n) is 2.40. The molecule has 0 radical (unpaired) electrons. The van der Waals surface area contributed by atoms with Gasteiger partial charge in [0.1, 0.15) is 5.76 Å². The van der Waals surface area contributed by atoms with Crippen molar-refractivity contribution >= 4 is 0 Å². The molecule has 0 spiro atoms. The smallest absolute Gasteiger partial charge is 0.339 e. The van der Waals surface area contributed by atoms with E-state index in [1.54, 1.807) is 0 Å². The van der Waals surface area contributed by atoms with Gasteiger partial charge in [0.25, 0.3) is 0 Å². The van der Waals surface area contributed by atoms with Crippen molar-refractivity contribution in [2.45, 2.75) is 39.5 Å². The summed E-state index contributed by atoms with van der Waals surface area (Å²) in [4.78, 5) is 11.3. The van der Waals surface area contributed by atoms with Gasteiger partial charge in [0.05, 0.1) is 0 Å². The molecule has 0 unspecified atom stereocenters. The van der Waals surface area contributed by atoms with Gasteiger partial charge in [0.15, 0.2) is 0 Å². The second-order valence-corrected chi connectivity index (χ2v) is 3.31. The Kier molecular flexibility index (Phi) is 3.29. The number of rotatable bonds is 3. The molecule has 0 bridgehead atoms. The summed E-state index contributed by atoms with van der Waals surface area (Å²) in [5.74, 6) is 1.13. The highest BCUT2D eigenvalue weighted by Gasteiger charge is 2.07. The zero-order valence-corrected chi connectivity index (χ0v) is 8.46. The van der Waals surface area contributed by atoms with Crippen LogP contribution in [0.15, 0.2) is 21.3 Å². The van der Waals surface area contributed by atoms with Gasteiger partial charge in [0, 0.05) is 11.5 Å². The van der Waals surface area contributed by atoms with Crippen molar-refractivity contribution in [3.8, 4) is 0 Å². The number of hydrogen-bond donors (Lipinski definition) is 0. The van der Waals surface area contributed by atoms with Crippen LogP contribution in [0.4, 0.5) is 0 Å². The van der Waals surface area contributed by atoms with E-state index in [1.807, 2.05) is 19.1 Å². The average molecular weight is 180 g/mol. The van der Waals surface area contributed by atoms with Crippen LogP contribution >= 0.6 is 0 Å². The minimum absolute atomic E-state index is 0.180. The lowest BCUT2D eigenvalue weighted by Crippen LogP contribution is -2.08. The van der Waals surface area contributed by atoms with Crippen molar-refractivity contribution in [1.29, 1.82) is 0 Å².